The predicted octanol–water partition coefficient (Wildman–Crippen LogP) is 2.49. The van der Waals surface area contributed by atoms with Crippen LogP contribution in [0.15, 0.2) is 48.5 Å². The van der Waals surface area contributed by atoms with Gasteiger partial charge in [0.05, 0.1) is 6.04 Å². The summed E-state index contributed by atoms with van der Waals surface area (Å²) in [7, 11) is 0. The first-order chi connectivity index (χ1) is 12.3. The Morgan fingerprint density at radius 3 is 2.35 bits per heavy atom. The summed E-state index contributed by atoms with van der Waals surface area (Å²) in [5, 5.41) is 37.7. The van der Waals surface area contributed by atoms with Crippen molar-refractivity contribution < 1.29 is 30.0 Å². The summed E-state index contributed by atoms with van der Waals surface area (Å²) in [4.78, 5) is 24.8. The molecule has 0 aliphatic carbocycles. The summed E-state index contributed by atoms with van der Waals surface area (Å²) in [5.41, 5.74) is 0.886. The first kappa shape index (κ1) is 18.9. The van der Waals surface area contributed by atoms with Crippen LogP contribution in [0.25, 0.3) is 6.08 Å². The number of phenolic OH excluding ortho intramolecular Hbond substituents is 3. The Morgan fingerprint density at radius 2 is 1.73 bits per heavy atom. The van der Waals surface area contributed by atoms with Crippen LogP contribution in [0.4, 0.5) is 0 Å². The van der Waals surface area contributed by atoms with Gasteiger partial charge in [-0.1, -0.05) is 24.3 Å². The van der Waals surface area contributed by atoms with Crippen LogP contribution in [0, 0.1) is 0 Å². The number of carboxylic acid groups (broad SMARTS) is 1. The minimum atomic E-state index is -1.17. The van der Waals surface area contributed by atoms with Gasteiger partial charge in [-0.05, 0) is 36.8 Å². The van der Waals surface area contributed by atoms with Crippen LogP contribution in [0.1, 0.15) is 24.1 Å². The van der Waals surface area contributed by atoms with Crippen molar-refractivity contribution in [3.63, 3.8) is 0 Å². The van der Waals surface area contributed by atoms with E-state index in [0.717, 1.165) is 11.0 Å². The van der Waals surface area contributed by atoms with Crippen LogP contribution in [-0.4, -0.2) is 43.7 Å². The molecule has 0 radical (unpaired) electrons. The van der Waals surface area contributed by atoms with E-state index in [1.54, 1.807) is 19.1 Å². The van der Waals surface area contributed by atoms with Crippen molar-refractivity contribution >= 4 is 18.0 Å². The van der Waals surface area contributed by atoms with Crippen molar-refractivity contribution in [3.8, 4) is 17.2 Å². The van der Waals surface area contributed by atoms with E-state index in [-0.39, 0.29) is 22.8 Å². The fourth-order valence-corrected chi connectivity index (χ4v) is 2.42. The maximum Gasteiger partial charge on any atom is 0.323 e. The number of aromatic hydroxyl groups is 3. The highest BCUT2D eigenvalue weighted by Crippen LogP contribution is 2.29. The third-order valence-corrected chi connectivity index (χ3v) is 3.88. The van der Waals surface area contributed by atoms with Crippen LogP contribution in [-0.2, 0) is 9.59 Å². The Hall–Kier alpha value is -3.48. The number of nitrogens with zero attached hydrogens (tertiary/aromatic N) is 1. The first-order valence-electron chi connectivity index (χ1n) is 7.80. The van der Waals surface area contributed by atoms with Gasteiger partial charge in [-0.15, -0.1) is 0 Å². The maximum absolute atomic E-state index is 12.5. The van der Waals surface area contributed by atoms with Gasteiger partial charge in [-0.2, -0.15) is 0 Å². The number of benzene rings is 2. The number of para-hydroxylation sites is 1. The van der Waals surface area contributed by atoms with Gasteiger partial charge < -0.3 is 25.3 Å². The zero-order valence-electron chi connectivity index (χ0n) is 14.0. The molecular formula is C19H19NO6. The summed E-state index contributed by atoms with van der Waals surface area (Å²) >= 11 is 0. The standard InChI is InChI=1S/C19H19NO6/c1-12(13-5-8-15(21)9-6-13)20(11-18(24)25)17(23)10-7-14-3-2-4-16(22)19(14)26/h2-10,12,21-22,26H,11H2,1H3,(H,24,25). The van der Waals surface area contributed by atoms with Crippen LogP contribution in [0.2, 0.25) is 0 Å². The molecule has 0 saturated carbocycles. The fraction of sp³-hybridized carbons (Fsp3) is 0.158. The third-order valence-electron chi connectivity index (χ3n) is 3.88. The molecular weight excluding hydrogens is 338 g/mol. The van der Waals surface area contributed by atoms with Crippen molar-refractivity contribution in [1.82, 2.24) is 4.90 Å². The second-order valence-electron chi connectivity index (χ2n) is 5.68. The van der Waals surface area contributed by atoms with E-state index in [2.05, 4.69) is 0 Å². The number of rotatable bonds is 6. The molecule has 2 rings (SSSR count). The van der Waals surface area contributed by atoms with Crippen molar-refractivity contribution in [1.29, 1.82) is 0 Å². The van der Waals surface area contributed by atoms with Gasteiger partial charge in [0.2, 0.25) is 5.91 Å². The third kappa shape index (κ3) is 4.54. The molecule has 4 N–H and O–H groups in total. The number of carbonyl (C=O) groups excluding carboxylic acids is 1. The summed E-state index contributed by atoms with van der Waals surface area (Å²) in [6, 6.07) is 9.88. The van der Waals surface area contributed by atoms with Crippen LogP contribution >= 0.6 is 0 Å². The molecule has 2 aromatic carbocycles. The Morgan fingerprint density at radius 1 is 1.08 bits per heavy atom. The van der Waals surface area contributed by atoms with Crippen molar-refractivity contribution in [2.75, 3.05) is 6.54 Å². The van der Waals surface area contributed by atoms with Gasteiger partial charge in [-0.3, -0.25) is 9.59 Å². The number of hydrogen-bond donors (Lipinski definition) is 4. The lowest BCUT2D eigenvalue weighted by Gasteiger charge is -2.27. The first-order valence-corrected chi connectivity index (χ1v) is 7.80. The second-order valence-corrected chi connectivity index (χ2v) is 5.68. The Bertz CT molecular complexity index is 828. The van der Waals surface area contributed by atoms with E-state index in [0.29, 0.717) is 5.56 Å². The largest absolute Gasteiger partial charge is 0.508 e. The topological polar surface area (TPSA) is 118 Å². The highest BCUT2D eigenvalue weighted by molar-refractivity contribution is 5.94. The lowest BCUT2D eigenvalue weighted by atomic mass is 10.1. The van der Waals surface area contributed by atoms with Crippen LogP contribution < -0.4 is 0 Å². The molecule has 1 atom stereocenters. The number of carbonyl (C=O) groups is 2. The molecule has 0 fully saturated rings. The van der Waals surface area contributed by atoms with Crippen LogP contribution in [0.3, 0.4) is 0 Å². The average molecular weight is 357 g/mol. The minimum Gasteiger partial charge on any atom is -0.508 e. The number of phenols is 3. The number of amides is 1. The normalized spacial score (nSPS) is 12.0. The van der Waals surface area contributed by atoms with Crippen molar-refractivity contribution in [2.24, 2.45) is 0 Å². The maximum atomic E-state index is 12.5. The van der Waals surface area contributed by atoms with Gasteiger partial charge in [0.15, 0.2) is 11.5 Å². The monoisotopic (exact) mass is 357 g/mol. The molecule has 0 aliphatic heterocycles. The SMILES string of the molecule is CC(c1ccc(O)cc1)N(CC(=O)O)C(=O)C=Cc1cccc(O)c1O. The molecule has 0 bridgehead atoms. The predicted molar refractivity (Wildman–Crippen MR) is 94.7 cm³/mol. The molecule has 1 amide bonds. The number of aliphatic carboxylic acids is 1. The fourth-order valence-electron chi connectivity index (χ4n) is 2.42. The van der Waals surface area contributed by atoms with Crippen molar-refractivity contribution in [3.05, 3.63) is 59.7 Å². The molecule has 0 heterocycles. The van der Waals surface area contributed by atoms with Gasteiger partial charge >= 0.3 is 5.97 Å². The molecule has 7 nitrogen and oxygen atoms in total. The molecule has 0 saturated heterocycles. The van der Waals surface area contributed by atoms with Crippen molar-refractivity contribution in [2.45, 2.75) is 13.0 Å². The number of hydrogen-bond acceptors (Lipinski definition) is 5. The zero-order chi connectivity index (χ0) is 19.3. The lowest BCUT2D eigenvalue weighted by molar-refractivity contribution is -0.144. The second kappa shape index (κ2) is 8.06. The van der Waals surface area contributed by atoms with E-state index in [1.165, 1.54) is 36.4 Å². The molecule has 136 valence electrons. The number of carboxylic acids is 1. The molecule has 7 heteroatoms. The highest BCUT2D eigenvalue weighted by Gasteiger charge is 2.22. The van der Waals surface area contributed by atoms with E-state index < -0.39 is 24.5 Å². The van der Waals surface area contributed by atoms with E-state index in [1.807, 2.05) is 0 Å². The summed E-state index contributed by atoms with van der Waals surface area (Å²) in [6.07, 6.45) is 2.43. The van der Waals surface area contributed by atoms with E-state index in [4.69, 9.17) is 5.11 Å². The average Bonchev–Trinajstić information content (AvgIpc) is 2.60. The van der Waals surface area contributed by atoms with E-state index in [9.17, 15) is 24.9 Å². The molecule has 2 aromatic rings. The van der Waals surface area contributed by atoms with Gasteiger partial charge in [0.1, 0.15) is 12.3 Å². The summed E-state index contributed by atoms with van der Waals surface area (Å²) < 4.78 is 0. The van der Waals surface area contributed by atoms with Gasteiger partial charge in [0.25, 0.3) is 0 Å². The van der Waals surface area contributed by atoms with E-state index >= 15 is 0 Å². The minimum absolute atomic E-state index is 0.0660. The zero-order valence-corrected chi connectivity index (χ0v) is 14.0. The van der Waals surface area contributed by atoms with Gasteiger partial charge in [-0.25, -0.2) is 0 Å². The quantitative estimate of drug-likeness (QED) is 0.466. The summed E-state index contributed by atoms with van der Waals surface area (Å²) in [6.45, 7) is 1.16. The highest BCUT2D eigenvalue weighted by atomic mass is 16.4. The van der Waals surface area contributed by atoms with Gasteiger partial charge in [0, 0.05) is 11.6 Å². The molecule has 0 aliphatic rings. The molecule has 0 spiro atoms. The Kier molecular flexibility index (Phi) is 5.85. The molecule has 26 heavy (non-hydrogen) atoms. The lowest BCUT2D eigenvalue weighted by Crippen LogP contribution is -2.36. The summed E-state index contributed by atoms with van der Waals surface area (Å²) in [5.74, 6) is -2.36. The molecule has 1 unspecified atom stereocenters. The Labute approximate surface area is 150 Å². The smallest absolute Gasteiger partial charge is 0.323 e. The Balaban J connectivity index is 2.26. The van der Waals surface area contributed by atoms with Crippen LogP contribution in [0.5, 0.6) is 17.2 Å². The molecule has 0 aromatic heterocycles.